The first-order valence-electron chi connectivity index (χ1n) is 8.74. The molecule has 9 heteroatoms. The van der Waals surface area contributed by atoms with Crippen molar-refractivity contribution in [2.45, 2.75) is 11.8 Å². The van der Waals surface area contributed by atoms with Gasteiger partial charge in [0.05, 0.1) is 22.7 Å². The van der Waals surface area contributed by atoms with Crippen molar-refractivity contribution in [3.05, 3.63) is 82.6 Å². The van der Waals surface area contributed by atoms with E-state index in [2.05, 4.69) is 10.0 Å². The molecule has 2 N–H and O–H groups in total. The Balaban J connectivity index is 1.88. The molecule has 3 aromatic rings. The molecule has 3 aromatic carbocycles. The van der Waals surface area contributed by atoms with Gasteiger partial charge in [-0.2, -0.15) is 0 Å². The first kappa shape index (κ1) is 21.6. The Bertz CT molecular complexity index is 1220. The van der Waals surface area contributed by atoms with E-state index in [0.717, 1.165) is 6.07 Å². The lowest BCUT2D eigenvalue weighted by molar-refractivity contribution is 0.102. The maximum absolute atomic E-state index is 13.8. The van der Waals surface area contributed by atoms with E-state index in [4.69, 9.17) is 16.3 Å². The van der Waals surface area contributed by atoms with Gasteiger partial charge in [0.25, 0.3) is 15.9 Å². The summed E-state index contributed by atoms with van der Waals surface area (Å²) in [5, 5.41) is 2.99. The van der Waals surface area contributed by atoms with Crippen molar-refractivity contribution in [2.24, 2.45) is 0 Å². The van der Waals surface area contributed by atoms with Gasteiger partial charge in [-0.1, -0.05) is 29.8 Å². The van der Waals surface area contributed by atoms with E-state index in [1.54, 1.807) is 19.1 Å². The second-order valence-corrected chi connectivity index (χ2v) is 8.46. The highest BCUT2D eigenvalue weighted by Crippen LogP contribution is 2.28. The molecule has 0 heterocycles. The highest BCUT2D eigenvalue weighted by atomic mass is 35.5. The van der Waals surface area contributed by atoms with E-state index >= 15 is 0 Å². The lowest BCUT2D eigenvalue weighted by Gasteiger charge is -2.13. The van der Waals surface area contributed by atoms with E-state index in [0.29, 0.717) is 22.0 Å². The second kappa shape index (κ2) is 8.73. The molecule has 0 spiro atoms. The van der Waals surface area contributed by atoms with Crippen LogP contribution >= 0.6 is 11.6 Å². The van der Waals surface area contributed by atoms with Crippen LogP contribution in [0.5, 0.6) is 5.75 Å². The van der Waals surface area contributed by atoms with E-state index < -0.39 is 21.7 Å². The van der Waals surface area contributed by atoms with E-state index in [9.17, 15) is 17.6 Å². The monoisotopic (exact) mass is 448 g/mol. The fraction of sp³-hybridized carbons (Fsp3) is 0.0952. The summed E-state index contributed by atoms with van der Waals surface area (Å²) in [7, 11) is -2.63. The molecule has 0 aliphatic carbocycles. The van der Waals surface area contributed by atoms with Gasteiger partial charge in [0.15, 0.2) is 0 Å². The van der Waals surface area contributed by atoms with Crippen LogP contribution in [0.15, 0.2) is 65.6 Å². The number of halogens is 2. The molecule has 0 aliphatic heterocycles. The smallest absolute Gasteiger partial charge is 0.262 e. The van der Waals surface area contributed by atoms with Crippen LogP contribution < -0.4 is 14.8 Å². The zero-order valence-electron chi connectivity index (χ0n) is 16.1. The van der Waals surface area contributed by atoms with Gasteiger partial charge in [-0.3, -0.25) is 9.52 Å². The summed E-state index contributed by atoms with van der Waals surface area (Å²) in [5.74, 6) is -0.766. The van der Waals surface area contributed by atoms with Crippen LogP contribution in [0, 0.1) is 12.7 Å². The summed E-state index contributed by atoms with van der Waals surface area (Å²) >= 11 is 6.07. The van der Waals surface area contributed by atoms with Crippen molar-refractivity contribution in [3.8, 4) is 5.75 Å². The first-order chi connectivity index (χ1) is 14.2. The molecule has 0 saturated carbocycles. The van der Waals surface area contributed by atoms with Gasteiger partial charge in [-0.15, -0.1) is 0 Å². The molecule has 1 amide bonds. The minimum absolute atomic E-state index is 0.151. The van der Waals surface area contributed by atoms with Gasteiger partial charge in [-0.25, -0.2) is 12.8 Å². The number of nitrogens with one attached hydrogen (secondary N) is 2. The second-order valence-electron chi connectivity index (χ2n) is 6.37. The van der Waals surface area contributed by atoms with Gasteiger partial charge in [0.2, 0.25) is 0 Å². The number of sulfonamides is 1. The van der Waals surface area contributed by atoms with Crippen molar-refractivity contribution in [3.63, 3.8) is 0 Å². The van der Waals surface area contributed by atoms with Crippen LogP contribution in [-0.2, 0) is 10.0 Å². The number of rotatable bonds is 6. The minimum Gasteiger partial charge on any atom is -0.495 e. The minimum atomic E-state index is -4.10. The molecular formula is C21H18ClFN2O4S. The predicted molar refractivity (Wildman–Crippen MR) is 114 cm³/mol. The number of benzene rings is 3. The lowest BCUT2D eigenvalue weighted by Crippen LogP contribution is -2.17. The number of carbonyl (C=O) groups excluding carboxylic acids is 1. The predicted octanol–water partition coefficient (Wildman–Crippen LogP) is 4.85. The van der Waals surface area contributed by atoms with Crippen molar-refractivity contribution < 1.29 is 22.3 Å². The molecule has 0 aliphatic rings. The molecule has 0 radical (unpaired) electrons. The van der Waals surface area contributed by atoms with Crippen LogP contribution in [0.25, 0.3) is 0 Å². The molecular weight excluding hydrogens is 431 g/mol. The molecule has 30 heavy (non-hydrogen) atoms. The van der Waals surface area contributed by atoms with Crippen LogP contribution in [-0.4, -0.2) is 21.4 Å². The van der Waals surface area contributed by atoms with Crippen LogP contribution in [0.3, 0.4) is 0 Å². The van der Waals surface area contributed by atoms with E-state index in [-0.39, 0.29) is 16.1 Å². The number of methoxy groups -OCH3 is 1. The molecule has 156 valence electrons. The number of ether oxygens (including phenoxy) is 1. The summed E-state index contributed by atoms with van der Waals surface area (Å²) in [4.78, 5) is 12.6. The fourth-order valence-electron chi connectivity index (χ4n) is 2.70. The Hall–Kier alpha value is -3.10. The number of carbonyl (C=O) groups is 1. The summed E-state index contributed by atoms with van der Waals surface area (Å²) in [6.45, 7) is 1.68. The molecule has 0 aromatic heterocycles. The number of hydrogen-bond donors (Lipinski definition) is 2. The summed E-state index contributed by atoms with van der Waals surface area (Å²) in [6, 6.07) is 14.2. The highest BCUT2D eigenvalue weighted by Gasteiger charge is 2.20. The Morgan fingerprint density at radius 2 is 1.80 bits per heavy atom. The summed E-state index contributed by atoms with van der Waals surface area (Å²) in [5.41, 5.74) is 0.954. The Labute approximate surface area is 178 Å². The molecule has 0 fully saturated rings. The van der Waals surface area contributed by atoms with Crippen molar-refractivity contribution in [1.29, 1.82) is 0 Å². The van der Waals surface area contributed by atoms with E-state index in [1.165, 1.54) is 49.6 Å². The number of hydrogen-bond acceptors (Lipinski definition) is 4. The third-order valence-corrected chi connectivity index (χ3v) is 5.95. The number of amides is 1. The first-order valence-corrected chi connectivity index (χ1v) is 10.6. The number of aryl methyl sites for hydroxylation is 1. The topological polar surface area (TPSA) is 84.5 Å². The Morgan fingerprint density at radius 1 is 1.07 bits per heavy atom. The normalized spacial score (nSPS) is 11.1. The average Bonchev–Trinajstić information content (AvgIpc) is 2.70. The lowest BCUT2D eigenvalue weighted by atomic mass is 10.1. The molecule has 0 atom stereocenters. The summed E-state index contributed by atoms with van der Waals surface area (Å²) < 4.78 is 46.4. The number of anilines is 2. The SMILES string of the molecule is COc1ccc(NC(=O)c2cc(S(=O)(=O)Nc3ccccc3F)ccc2C)cc1Cl. The zero-order valence-corrected chi connectivity index (χ0v) is 17.6. The molecule has 0 unspecified atom stereocenters. The van der Waals surface area contributed by atoms with Crippen molar-refractivity contribution in [1.82, 2.24) is 0 Å². The Morgan fingerprint density at radius 3 is 2.47 bits per heavy atom. The molecule has 6 nitrogen and oxygen atoms in total. The maximum Gasteiger partial charge on any atom is 0.262 e. The van der Waals surface area contributed by atoms with Crippen LogP contribution in [0.1, 0.15) is 15.9 Å². The average molecular weight is 449 g/mol. The molecule has 0 saturated heterocycles. The van der Waals surface area contributed by atoms with Gasteiger partial charge >= 0.3 is 0 Å². The largest absolute Gasteiger partial charge is 0.495 e. The van der Waals surface area contributed by atoms with Gasteiger partial charge in [0, 0.05) is 11.3 Å². The fourth-order valence-corrected chi connectivity index (χ4v) is 4.05. The van der Waals surface area contributed by atoms with Crippen molar-refractivity contribution >= 4 is 38.9 Å². The van der Waals surface area contributed by atoms with Gasteiger partial charge < -0.3 is 10.1 Å². The van der Waals surface area contributed by atoms with Crippen LogP contribution in [0.2, 0.25) is 5.02 Å². The van der Waals surface area contributed by atoms with Gasteiger partial charge in [0.1, 0.15) is 11.6 Å². The third kappa shape index (κ3) is 4.72. The van der Waals surface area contributed by atoms with Crippen LogP contribution in [0.4, 0.5) is 15.8 Å². The zero-order chi connectivity index (χ0) is 21.9. The quantitative estimate of drug-likeness (QED) is 0.564. The Kier molecular flexibility index (Phi) is 6.28. The number of para-hydroxylation sites is 1. The standard InChI is InChI=1S/C21H18ClFN2O4S/c1-13-7-9-15(30(27,28)25-19-6-4-3-5-18(19)23)12-16(13)21(26)24-14-8-10-20(29-2)17(22)11-14/h3-12,25H,1-2H3,(H,24,26). The van der Waals surface area contributed by atoms with Crippen molar-refractivity contribution in [2.75, 3.05) is 17.1 Å². The van der Waals surface area contributed by atoms with Gasteiger partial charge in [-0.05, 0) is 55.0 Å². The third-order valence-electron chi connectivity index (χ3n) is 4.29. The maximum atomic E-state index is 13.8. The molecule has 3 rings (SSSR count). The molecule has 0 bridgehead atoms. The van der Waals surface area contributed by atoms with E-state index in [1.807, 2.05) is 0 Å². The highest BCUT2D eigenvalue weighted by molar-refractivity contribution is 7.92. The summed E-state index contributed by atoms with van der Waals surface area (Å²) in [6.07, 6.45) is 0.